The molecule has 6 aromatic rings. The summed E-state index contributed by atoms with van der Waals surface area (Å²) in [5, 5.41) is 17.1. The summed E-state index contributed by atoms with van der Waals surface area (Å²) in [4.78, 5) is 92.1. The van der Waals surface area contributed by atoms with Crippen molar-refractivity contribution in [3.05, 3.63) is 142 Å². The zero-order chi connectivity index (χ0) is 54.2. The molecular weight excluding hydrogens is 973 g/mol. The third kappa shape index (κ3) is 9.26. The molecule has 0 spiro atoms. The fourth-order valence-corrected chi connectivity index (χ4v) is 12.4. The van der Waals surface area contributed by atoms with E-state index < -0.39 is 12.2 Å². The van der Waals surface area contributed by atoms with Crippen LogP contribution in [0.5, 0.6) is 0 Å². The minimum absolute atomic E-state index is 0.0279. The summed E-state index contributed by atoms with van der Waals surface area (Å²) in [6.45, 7) is 20.3. The van der Waals surface area contributed by atoms with Crippen LogP contribution in [0.2, 0.25) is 0 Å². The number of piperazine rings is 1. The molecule has 3 N–H and O–H groups in total. The molecule has 2 aromatic carbocycles. The number of anilines is 7. The first-order valence-electron chi connectivity index (χ1n) is 26.7. The second kappa shape index (κ2) is 19.9. The first-order valence-corrected chi connectivity index (χ1v) is 26.7. The molecule has 3 atom stereocenters. The van der Waals surface area contributed by atoms with Crippen molar-refractivity contribution in [2.75, 3.05) is 63.0 Å². The number of nitrogens with one attached hydrogen (secondary N) is 2. The number of hydrogen-bond donors (Lipinski definition) is 3. The van der Waals surface area contributed by atoms with Crippen LogP contribution in [0.3, 0.4) is 0 Å². The van der Waals surface area contributed by atoms with E-state index in [9.17, 15) is 29.1 Å². The van der Waals surface area contributed by atoms with Crippen molar-refractivity contribution < 1.29 is 24.3 Å². The normalized spacial score (nSPS) is 20.2. The summed E-state index contributed by atoms with van der Waals surface area (Å²) in [5.74, 6) is -0.665. The Morgan fingerprint density at radius 2 is 1.64 bits per heavy atom. The molecule has 77 heavy (non-hydrogen) atoms. The number of hydrogen-bond acceptors (Lipinski definition) is 13. The highest BCUT2D eigenvalue weighted by molar-refractivity contribution is 6.34. The first kappa shape index (κ1) is 51.2. The van der Waals surface area contributed by atoms with E-state index in [2.05, 4.69) is 74.1 Å². The van der Waals surface area contributed by atoms with Crippen molar-refractivity contribution in [3.63, 3.8) is 0 Å². The highest BCUT2D eigenvalue weighted by Crippen LogP contribution is 2.41. The van der Waals surface area contributed by atoms with Crippen molar-refractivity contribution in [2.24, 2.45) is 12.5 Å². The summed E-state index contributed by atoms with van der Waals surface area (Å²) in [7, 11) is 1.63. The van der Waals surface area contributed by atoms with Crippen molar-refractivity contribution in [3.8, 4) is 11.3 Å². The van der Waals surface area contributed by atoms with Gasteiger partial charge in [-0.15, -0.1) is 0 Å². The van der Waals surface area contributed by atoms with Crippen molar-refractivity contribution in [1.29, 1.82) is 0 Å². The van der Waals surface area contributed by atoms with E-state index in [0.717, 1.165) is 62.4 Å². The Morgan fingerprint density at radius 1 is 0.844 bits per heavy atom. The van der Waals surface area contributed by atoms with E-state index in [1.165, 1.54) is 26.8 Å². The van der Waals surface area contributed by atoms with Crippen LogP contribution in [-0.4, -0.2) is 109 Å². The van der Waals surface area contributed by atoms with Gasteiger partial charge in [0.25, 0.3) is 23.3 Å². The number of rotatable bonds is 12. The van der Waals surface area contributed by atoms with Gasteiger partial charge in [-0.3, -0.25) is 38.8 Å². The molecule has 1 aliphatic carbocycles. The minimum Gasteiger partial charge on any atom is -0.392 e. The molecule has 18 nitrogen and oxygen atoms in total. The molecule has 2 fully saturated rings. The summed E-state index contributed by atoms with van der Waals surface area (Å²) in [6.07, 6.45) is 9.75. The smallest absolute Gasteiger partial charge is 0.293 e. The molecule has 0 saturated carbocycles. The molecule has 5 aliphatic rings. The lowest BCUT2D eigenvalue weighted by molar-refractivity contribution is -0.111. The van der Waals surface area contributed by atoms with Crippen molar-refractivity contribution in [2.45, 2.75) is 104 Å². The maximum Gasteiger partial charge on any atom is 0.293 e. The predicted molar refractivity (Wildman–Crippen MR) is 299 cm³/mol. The predicted octanol–water partition coefficient (Wildman–Crippen LogP) is 7.68. The number of imide groups is 1. The number of aryl methyl sites for hydroxylation is 1. The number of carbonyl (C=O) groups excluding carboxylic acids is 4. The molecule has 0 radical (unpaired) electrons. The molecule has 11 rings (SSSR count). The molecule has 398 valence electrons. The molecule has 0 bridgehead atoms. The zero-order valence-corrected chi connectivity index (χ0v) is 44.8. The Bertz CT molecular complexity index is 3470. The lowest BCUT2D eigenvalue weighted by atomic mass is 9.90. The van der Waals surface area contributed by atoms with Crippen molar-refractivity contribution >= 4 is 63.7 Å². The number of fused-ring (bicyclic) bond motifs is 4. The fraction of sp³-hybridized carbons (Fsp3) is 0.390. The molecule has 2 saturated heterocycles. The van der Waals surface area contributed by atoms with Gasteiger partial charge in [0.2, 0.25) is 5.91 Å². The average Bonchev–Trinajstić information content (AvgIpc) is 4.16. The summed E-state index contributed by atoms with van der Waals surface area (Å²) < 4.78 is 3.56. The van der Waals surface area contributed by atoms with E-state index in [1.807, 2.05) is 50.2 Å². The van der Waals surface area contributed by atoms with Gasteiger partial charge in [-0.1, -0.05) is 34.3 Å². The van der Waals surface area contributed by atoms with E-state index in [0.29, 0.717) is 82.2 Å². The van der Waals surface area contributed by atoms with Gasteiger partial charge < -0.3 is 34.7 Å². The molecule has 1 unspecified atom stereocenters. The Hall–Kier alpha value is -7.96. The van der Waals surface area contributed by atoms with E-state index in [4.69, 9.17) is 4.98 Å². The van der Waals surface area contributed by atoms with Gasteiger partial charge in [-0.25, -0.2) is 14.9 Å². The van der Waals surface area contributed by atoms with E-state index in [-0.39, 0.29) is 52.9 Å². The second-order valence-electron chi connectivity index (χ2n) is 22.4. The van der Waals surface area contributed by atoms with Crippen molar-refractivity contribution in [1.82, 2.24) is 29.0 Å². The van der Waals surface area contributed by atoms with Gasteiger partial charge in [0.1, 0.15) is 11.5 Å². The van der Waals surface area contributed by atoms with Crippen LogP contribution in [0.25, 0.3) is 11.3 Å². The Morgan fingerprint density at radius 3 is 2.39 bits per heavy atom. The third-order valence-corrected chi connectivity index (χ3v) is 16.3. The number of aromatic nitrogens is 5. The number of piperidine rings is 1. The number of nitrogens with zero attached hydrogens (tertiary/aromatic N) is 10. The summed E-state index contributed by atoms with van der Waals surface area (Å²) in [6, 6.07) is 19.1. The maximum absolute atomic E-state index is 14.1. The third-order valence-electron chi connectivity index (χ3n) is 16.3. The number of aliphatic hydroxyl groups is 1. The minimum atomic E-state index is -0.418. The highest BCUT2D eigenvalue weighted by atomic mass is 16.3. The summed E-state index contributed by atoms with van der Waals surface area (Å²) in [5.41, 5.74) is 9.15. The Balaban J connectivity index is 0.775. The fourth-order valence-electron chi connectivity index (χ4n) is 12.4. The van der Waals surface area contributed by atoms with Gasteiger partial charge in [-0.05, 0) is 123 Å². The lowest BCUT2D eigenvalue weighted by Crippen LogP contribution is -2.58. The van der Waals surface area contributed by atoms with Crippen LogP contribution in [0, 0.1) is 5.41 Å². The standard InChI is InChI=1S/C59H66N12O6/c1-9-52(73)63-47-26-38(62-53-58(77)65(8)32-48(64-53)42-15-18-61-54(45(42)33-72)70-23-22-69-50(57(70)76)25-37-29-59(6,7)30-51(37)69)10-13-49(47)68-21-20-66(31-36(68)5)39-16-19-67(35(4)24-39)40-11-12-43-44(27-40)56(75)71(55(43)74)41-14-17-60-46(28-41)34(2)3/h9-15,17-18,25-28,32,34-36,39,72H,1,16,19-24,29-31,33H2,2-8H3,(H,62,64)(H,63,73)/t35-,36+,39?/m1/s1. The largest absolute Gasteiger partial charge is 0.392 e. The number of carbonyl (C=O) groups is 4. The van der Waals surface area contributed by atoms with Crippen LogP contribution in [0.15, 0.2) is 96.7 Å². The van der Waals surface area contributed by atoms with Gasteiger partial charge in [0, 0.05) is 117 Å². The topological polar surface area (TPSA) is 194 Å². The SMILES string of the molecule is C=CC(=O)Nc1cc(Nc2nc(-c3ccnc(N4CCn5c(cc6c5CC(C)(C)C6)C4=O)c3CO)cn(C)c2=O)ccc1N1CCN(C2CCN(c3ccc4c(c3)C(=O)N(c3ccnc(C(C)C)c3)C4=O)[C@H](C)C2)C[C@@H]1C. The highest BCUT2D eigenvalue weighted by Gasteiger charge is 2.41. The second-order valence-corrected chi connectivity index (χ2v) is 22.4. The van der Waals surface area contributed by atoms with Gasteiger partial charge in [-0.2, -0.15) is 0 Å². The maximum atomic E-state index is 14.1. The zero-order valence-electron chi connectivity index (χ0n) is 44.8. The van der Waals surface area contributed by atoms with Crippen LogP contribution >= 0.6 is 0 Å². The van der Waals surface area contributed by atoms with Crippen LogP contribution in [0.4, 0.5) is 40.1 Å². The number of aliphatic hydroxyl groups excluding tert-OH is 1. The number of amides is 4. The monoisotopic (exact) mass is 1040 g/mol. The number of pyridine rings is 2. The average molecular weight is 1040 g/mol. The van der Waals surface area contributed by atoms with Gasteiger partial charge in [0.15, 0.2) is 5.82 Å². The van der Waals surface area contributed by atoms with Crippen LogP contribution in [0.1, 0.15) is 114 Å². The van der Waals surface area contributed by atoms with Gasteiger partial charge in [0.05, 0.1) is 40.5 Å². The Kier molecular flexibility index (Phi) is 13.2. The Labute approximate surface area is 448 Å². The lowest BCUT2D eigenvalue weighted by Gasteiger charge is -2.48. The van der Waals surface area contributed by atoms with E-state index >= 15 is 0 Å². The molecule has 4 aromatic heterocycles. The first-order chi connectivity index (χ1) is 36.9. The van der Waals surface area contributed by atoms with E-state index in [1.54, 1.807) is 54.8 Å². The molecule has 18 heteroatoms. The molecule has 4 aliphatic heterocycles. The molecule has 8 heterocycles. The quantitative estimate of drug-likeness (QED) is 0.0799. The molecule has 4 amide bonds. The van der Waals surface area contributed by atoms with Gasteiger partial charge >= 0.3 is 0 Å². The number of benzene rings is 2. The van der Waals surface area contributed by atoms with Crippen LogP contribution in [-0.2, 0) is 37.8 Å². The van der Waals surface area contributed by atoms with Crippen LogP contribution < -0.4 is 35.8 Å². The molecular formula is C59H66N12O6. The summed E-state index contributed by atoms with van der Waals surface area (Å²) >= 11 is 0.